The van der Waals surface area contributed by atoms with Gasteiger partial charge in [0, 0.05) is 18.7 Å². The number of benzene rings is 1. The smallest absolute Gasteiger partial charge is 0.308 e. The van der Waals surface area contributed by atoms with Crippen LogP contribution in [0.15, 0.2) is 12.1 Å². The van der Waals surface area contributed by atoms with Crippen molar-refractivity contribution < 1.29 is 29.0 Å². The van der Waals surface area contributed by atoms with Gasteiger partial charge in [0.1, 0.15) is 0 Å². The Labute approximate surface area is 149 Å². The molecule has 9 heteroatoms. The maximum absolute atomic E-state index is 12.7. The minimum atomic E-state index is -0.914. The molecule has 0 bridgehead atoms. The predicted octanol–water partition coefficient (Wildman–Crippen LogP) is 1.15. The van der Waals surface area contributed by atoms with E-state index in [2.05, 4.69) is 0 Å². The molecule has 1 aliphatic rings. The molecule has 1 heterocycles. The van der Waals surface area contributed by atoms with Crippen molar-refractivity contribution in [1.29, 1.82) is 0 Å². The Morgan fingerprint density at radius 3 is 2.72 bits per heavy atom. The van der Waals surface area contributed by atoms with Crippen LogP contribution in [0.2, 0.25) is 5.02 Å². The van der Waals surface area contributed by atoms with E-state index in [9.17, 15) is 14.4 Å². The summed E-state index contributed by atoms with van der Waals surface area (Å²) in [5, 5.41) is 9.23. The van der Waals surface area contributed by atoms with Gasteiger partial charge in [0.05, 0.1) is 18.1 Å². The Bertz CT molecular complexity index is 693. The molecule has 1 fully saturated rings. The van der Waals surface area contributed by atoms with Crippen molar-refractivity contribution >= 4 is 29.4 Å². The molecule has 0 unspecified atom stereocenters. The number of piperidine rings is 1. The number of hydrogen-bond acceptors (Lipinski definition) is 5. The number of nitrogens with zero attached hydrogens (tertiary/aromatic N) is 1. The lowest BCUT2D eigenvalue weighted by Crippen LogP contribution is -2.42. The number of amides is 2. The lowest BCUT2D eigenvalue weighted by molar-refractivity contribution is -0.143. The molecule has 1 atom stereocenters. The van der Waals surface area contributed by atoms with Crippen LogP contribution >= 0.6 is 11.6 Å². The van der Waals surface area contributed by atoms with Gasteiger partial charge < -0.3 is 25.2 Å². The molecule has 1 aromatic rings. The van der Waals surface area contributed by atoms with E-state index in [4.69, 9.17) is 31.9 Å². The molecule has 1 saturated heterocycles. The maximum Gasteiger partial charge on any atom is 0.308 e. The van der Waals surface area contributed by atoms with Crippen LogP contribution in [-0.2, 0) is 9.59 Å². The number of carboxylic acid groups (broad SMARTS) is 1. The van der Waals surface area contributed by atoms with E-state index in [1.807, 2.05) is 0 Å². The van der Waals surface area contributed by atoms with Crippen LogP contribution in [0.3, 0.4) is 0 Å². The molecular formula is C16H19ClN2O6. The number of hydrogen-bond donors (Lipinski definition) is 2. The Hall–Kier alpha value is -2.48. The number of primary amides is 1. The van der Waals surface area contributed by atoms with Gasteiger partial charge in [0.2, 0.25) is 0 Å². The number of likely N-dealkylation sites (tertiary alicyclic amines) is 1. The first-order valence-electron chi connectivity index (χ1n) is 7.64. The number of carbonyl (C=O) groups is 3. The molecule has 3 N–H and O–H groups in total. The highest BCUT2D eigenvalue weighted by Gasteiger charge is 2.29. The van der Waals surface area contributed by atoms with Crippen molar-refractivity contribution in [3.63, 3.8) is 0 Å². The minimum Gasteiger partial charge on any atom is -0.493 e. The number of aliphatic carboxylic acids is 1. The summed E-state index contributed by atoms with van der Waals surface area (Å²) in [5.41, 5.74) is 5.29. The quantitative estimate of drug-likeness (QED) is 0.775. The topological polar surface area (TPSA) is 119 Å². The molecule has 2 rings (SSSR count). The molecule has 8 nitrogen and oxygen atoms in total. The molecule has 1 aromatic carbocycles. The van der Waals surface area contributed by atoms with E-state index in [0.717, 1.165) is 0 Å². The van der Waals surface area contributed by atoms with Crippen molar-refractivity contribution in [3.8, 4) is 11.5 Å². The van der Waals surface area contributed by atoms with Crippen molar-refractivity contribution in [1.82, 2.24) is 4.90 Å². The van der Waals surface area contributed by atoms with Crippen molar-refractivity contribution in [3.05, 3.63) is 22.7 Å². The van der Waals surface area contributed by atoms with Crippen molar-refractivity contribution in [2.75, 3.05) is 26.8 Å². The molecule has 0 radical (unpaired) electrons. The molecule has 25 heavy (non-hydrogen) atoms. The number of methoxy groups -OCH3 is 1. The lowest BCUT2D eigenvalue weighted by atomic mass is 9.97. The fraction of sp³-hybridized carbons (Fsp3) is 0.438. The van der Waals surface area contributed by atoms with Crippen LogP contribution in [-0.4, -0.2) is 54.6 Å². The summed E-state index contributed by atoms with van der Waals surface area (Å²) in [6.07, 6.45) is 1.16. The van der Waals surface area contributed by atoms with Gasteiger partial charge in [-0.05, 0) is 25.0 Å². The lowest BCUT2D eigenvalue weighted by Gasteiger charge is -2.31. The van der Waals surface area contributed by atoms with E-state index < -0.39 is 17.8 Å². The third kappa shape index (κ3) is 4.54. The first-order valence-corrected chi connectivity index (χ1v) is 8.02. The number of carboxylic acids is 1. The summed E-state index contributed by atoms with van der Waals surface area (Å²) in [6, 6.07) is 2.84. The van der Waals surface area contributed by atoms with Gasteiger partial charge >= 0.3 is 5.97 Å². The number of rotatable bonds is 6. The standard InChI is InChI=1S/C16H19ClN2O6/c1-24-12-6-10(5-11(17)14(12)25-8-13(18)20)15(21)19-4-2-3-9(7-19)16(22)23/h5-6,9H,2-4,7-8H2,1H3,(H2,18,20)(H,22,23)/t9-/m1/s1. The highest BCUT2D eigenvalue weighted by atomic mass is 35.5. The van der Waals surface area contributed by atoms with E-state index >= 15 is 0 Å². The van der Waals surface area contributed by atoms with Crippen LogP contribution < -0.4 is 15.2 Å². The van der Waals surface area contributed by atoms with Gasteiger partial charge in [0.15, 0.2) is 18.1 Å². The summed E-state index contributed by atoms with van der Waals surface area (Å²) in [7, 11) is 1.37. The van der Waals surface area contributed by atoms with Crippen LogP contribution in [0.1, 0.15) is 23.2 Å². The van der Waals surface area contributed by atoms with Crippen LogP contribution in [0.4, 0.5) is 0 Å². The molecular weight excluding hydrogens is 352 g/mol. The third-order valence-corrected chi connectivity index (χ3v) is 4.17. The van der Waals surface area contributed by atoms with Gasteiger partial charge in [0.25, 0.3) is 11.8 Å². The zero-order valence-corrected chi connectivity index (χ0v) is 14.4. The molecule has 2 amide bonds. The maximum atomic E-state index is 12.7. The first-order chi connectivity index (χ1) is 11.8. The Morgan fingerprint density at radius 2 is 2.12 bits per heavy atom. The molecule has 136 valence electrons. The van der Waals surface area contributed by atoms with Crippen LogP contribution in [0, 0.1) is 5.92 Å². The van der Waals surface area contributed by atoms with Crippen LogP contribution in [0.5, 0.6) is 11.5 Å². The van der Waals surface area contributed by atoms with Crippen molar-refractivity contribution in [2.24, 2.45) is 11.7 Å². The fourth-order valence-electron chi connectivity index (χ4n) is 2.67. The number of ether oxygens (including phenoxy) is 2. The summed E-state index contributed by atoms with van der Waals surface area (Å²) in [5.74, 6) is -2.21. The average Bonchev–Trinajstić information content (AvgIpc) is 2.59. The predicted molar refractivity (Wildman–Crippen MR) is 89.0 cm³/mol. The molecule has 1 aliphatic heterocycles. The van der Waals surface area contributed by atoms with Gasteiger partial charge in [-0.3, -0.25) is 14.4 Å². The summed E-state index contributed by atoms with van der Waals surface area (Å²) < 4.78 is 10.4. The highest BCUT2D eigenvalue weighted by molar-refractivity contribution is 6.32. The number of carbonyl (C=O) groups excluding carboxylic acids is 2. The molecule has 0 saturated carbocycles. The van der Waals surface area contributed by atoms with E-state index in [-0.39, 0.29) is 41.1 Å². The fourth-order valence-corrected chi connectivity index (χ4v) is 2.94. The largest absolute Gasteiger partial charge is 0.493 e. The normalized spacial score (nSPS) is 17.0. The molecule has 0 aromatic heterocycles. The van der Waals surface area contributed by atoms with E-state index in [0.29, 0.717) is 19.4 Å². The third-order valence-electron chi connectivity index (χ3n) is 3.89. The number of nitrogens with two attached hydrogens (primary N) is 1. The highest BCUT2D eigenvalue weighted by Crippen LogP contribution is 2.37. The average molecular weight is 371 g/mol. The van der Waals surface area contributed by atoms with E-state index in [1.54, 1.807) is 0 Å². The van der Waals surface area contributed by atoms with E-state index in [1.165, 1.54) is 24.1 Å². The van der Waals surface area contributed by atoms with Gasteiger partial charge in [-0.2, -0.15) is 0 Å². The second-order valence-electron chi connectivity index (χ2n) is 5.67. The summed E-state index contributed by atoms with van der Waals surface area (Å²) in [4.78, 5) is 36.2. The summed E-state index contributed by atoms with van der Waals surface area (Å²) in [6.45, 7) is 0.242. The number of halogens is 1. The van der Waals surface area contributed by atoms with Gasteiger partial charge in [-0.15, -0.1) is 0 Å². The molecule has 0 spiro atoms. The SMILES string of the molecule is COc1cc(C(=O)N2CCC[C@@H](C(=O)O)C2)cc(Cl)c1OCC(N)=O. The van der Waals surface area contributed by atoms with Crippen LogP contribution in [0.25, 0.3) is 0 Å². The second kappa shape index (κ2) is 8.06. The molecule has 0 aliphatic carbocycles. The zero-order valence-electron chi connectivity index (χ0n) is 13.7. The monoisotopic (exact) mass is 370 g/mol. The summed E-state index contributed by atoms with van der Waals surface area (Å²) >= 11 is 6.14. The Kier molecular flexibility index (Phi) is 6.08. The Balaban J connectivity index is 2.23. The minimum absolute atomic E-state index is 0.0933. The van der Waals surface area contributed by atoms with Gasteiger partial charge in [-0.1, -0.05) is 11.6 Å². The zero-order chi connectivity index (χ0) is 18.6. The second-order valence-corrected chi connectivity index (χ2v) is 6.08. The Morgan fingerprint density at radius 1 is 1.40 bits per heavy atom. The van der Waals surface area contributed by atoms with Crippen molar-refractivity contribution in [2.45, 2.75) is 12.8 Å². The van der Waals surface area contributed by atoms with Gasteiger partial charge in [-0.25, -0.2) is 0 Å². The first kappa shape index (κ1) is 18.9.